The molecule has 1 saturated heterocycles. The monoisotopic (exact) mass is 302 g/mol. The summed E-state index contributed by atoms with van der Waals surface area (Å²) in [6.45, 7) is 2.79. The standard InChI is InChI=1S/C13H17F3N4O/c1-2-17-11-8-18-10(7-19-11)12(21)20-5-3-9(4-6-20)13(14,15)16/h7-9H,2-6H2,1H3,(H,17,19). The molecular formula is C13H17F3N4O. The lowest BCUT2D eigenvalue weighted by Crippen LogP contribution is -2.42. The van der Waals surface area contributed by atoms with Crippen molar-refractivity contribution in [3.05, 3.63) is 18.1 Å². The molecule has 0 aliphatic carbocycles. The highest BCUT2D eigenvalue weighted by atomic mass is 19.4. The van der Waals surface area contributed by atoms with Crippen molar-refractivity contribution in [1.82, 2.24) is 14.9 Å². The Balaban J connectivity index is 1.95. The minimum absolute atomic E-state index is 0.0574. The summed E-state index contributed by atoms with van der Waals surface area (Å²) in [7, 11) is 0. The van der Waals surface area contributed by atoms with E-state index >= 15 is 0 Å². The van der Waals surface area contributed by atoms with Gasteiger partial charge in [-0.1, -0.05) is 0 Å². The SMILES string of the molecule is CCNc1cnc(C(=O)N2CCC(C(F)(F)F)CC2)cn1. The lowest BCUT2D eigenvalue weighted by atomic mass is 9.96. The molecule has 116 valence electrons. The summed E-state index contributed by atoms with van der Waals surface area (Å²) >= 11 is 0. The maximum absolute atomic E-state index is 12.6. The van der Waals surface area contributed by atoms with Crippen LogP contribution in [-0.2, 0) is 0 Å². The van der Waals surface area contributed by atoms with Crippen LogP contribution in [0.25, 0.3) is 0 Å². The Morgan fingerprint density at radius 2 is 2.00 bits per heavy atom. The average molecular weight is 302 g/mol. The quantitative estimate of drug-likeness (QED) is 0.931. The van der Waals surface area contributed by atoms with E-state index in [4.69, 9.17) is 0 Å². The molecule has 5 nitrogen and oxygen atoms in total. The molecule has 0 atom stereocenters. The second-order valence-corrected chi connectivity index (χ2v) is 4.93. The molecule has 1 aromatic rings. The molecule has 21 heavy (non-hydrogen) atoms. The summed E-state index contributed by atoms with van der Waals surface area (Å²) in [6.07, 6.45) is -1.51. The van der Waals surface area contributed by atoms with Crippen molar-refractivity contribution in [2.24, 2.45) is 5.92 Å². The first-order valence-corrected chi connectivity index (χ1v) is 6.83. The lowest BCUT2D eigenvalue weighted by Gasteiger charge is -2.32. The molecule has 0 unspecified atom stereocenters. The molecule has 8 heteroatoms. The van der Waals surface area contributed by atoms with E-state index in [2.05, 4.69) is 15.3 Å². The highest BCUT2D eigenvalue weighted by Crippen LogP contribution is 2.34. The van der Waals surface area contributed by atoms with Crippen LogP contribution in [0.2, 0.25) is 0 Å². The van der Waals surface area contributed by atoms with E-state index in [9.17, 15) is 18.0 Å². The number of aromatic nitrogens is 2. The summed E-state index contributed by atoms with van der Waals surface area (Å²) in [4.78, 5) is 21.6. The number of hydrogen-bond donors (Lipinski definition) is 1. The van der Waals surface area contributed by atoms with Gasteiger partial charge in [-0.05, 0) is 19.8 Å². The number of nitrogens with zero attached hydrogens (tertiary/aromatic N) is 3. The van der Waals surface area contributed by atoms with Crippen LogP contribution >= 0.6 is 0 Å². The van der Waals surface area contributed by atoms with Gasteiger partial charge in [0.1, 0.15) is 11.5 Å². The zero-order valence-corrected chi connectivity index (χ0v) is 11.7. The van der Waals surface area contributed by atoms with Gasteiger partial charge in [-0.2, -0.15) is 13.2 Å². The summed E-state index contributed by atoms with van der Waals surface area (Å²) in [5.41, 5.74) is 0.155. The van der Waals surface area contributed by atoms with Crippen molar-refractivity contribution in [3.8, 4) is 0 Å². The molecule has 1 aliphatic heterocycles. The summed E-state index contributed by atoms with van der Waals surface area (Å²) in [5.74, 6) is -1.13. The van der Waals surface area contributed by atoms with Gasteiger partial charge in [-0.3, -0.25) is 4.79 Å². The number of nitrogens with one attached hydrogen (secondary N) is 1. The average Bonchev–Trinajstić information content (AvgIpc) is 2.47. The fourth-order valence-corrected chi connectivity index (χ4v) is 2.28. The van der Waals surface area contributed by atoms with Crippen molar-refractivity contribution in [2.45, 2.75) is 25.9 Å². The molecule has 2 rings (SSSR count). The summed E-state index contributed by atoms with van der Waals surface area (Å²) in [6, 6.07) is 0. The molecule has 1 amide bonds. The smallest absolute Gasteiger partial charge is 0.369 e. The number of carbonyl (C=O) groups excluding carboxylic acids is 1. The molecule has 0 bridgehead atoms. The van der Waals surface area contributed by atoms with Crippen molar-refractivity contribution in [1.29, 1.82) is 0 Å². The topological polar surface area (TPSA) is 58.1 Å². The van der Waals surface area contributed by atoms with Crippen LogP contribution in [-0.4, -0.2) is 46.6 Å². The molecule has 1 aromatic heterocycles. The minimum Gasteiger partial charge on any atom is -0.369 e. The molecule has 1 N–H and O–H groups in total. The van der Waals surface area contributed by atoms with Gasteiger partial charge in [0.15, 0.2) is 0 Å². The van der Waals surface area contributed by atoms with Gasteiger partial charge in [0, 0.05) is 19.6 Å². The van der Waals surface area contributed by atoms with Crippen LogP contribution in [0.1, 0.15) is 30.3 Å². The minimum atomic E-state index is -4.18. The van der Waals surface area contributed by atoms with E-state index in [1.807, 2.05) is 6.92 Å². The maximum Gasteiger partial charge on any atom is 0.391 e. The number of carbonyl (C=O) groups is 1. The molecule has 1 aliphatic rings. The second kappa shape index (κ2) is 6.28. The molecule has 1 fully saturated rings. The van der Waals surface area contributed by atoms with Crippen LogP contribution in [0, 0.1) is 5.92 Å². The predicted molar refractivity (Wildman–Crippen MR) is 70.9 cm³/mol. The van der Waals surface area contributed by atoms with E-state index in [0.29, 0.717) is 12.4 Å². The third-order valence-corrected chi connectivity index (χ3v) is 3.47. The van der Waals surface area contributed by atoms with Crippen LogP contribution < -0.4 is 5.32 Å². The number of hydrogen-bond acceptors (Lipinski definition) is 4. The van der Waals surface area contributed by atoms with Crippen LogP contribution in [0.5, 0.6) is 0 Å². The second-order valence-electron chi connectivity index (χ2n) is 4.93. The number of likely N-dealkylation sites (tertiary alicyclic amines) is 1. The molecule has 0 spiro atoms. The van der Waals surface area contributed by atoms with E-state index < -0.39 is 12.1 Å². The van der Waals surface area contributed by atoms with E-state index in [1.54, 1.807) is 0 Å². The van der Waals surface area contributed by atoms with E-state index in [0.717, 1.165) is 0 Å². The van der Waals surface area contributed by atoms with Gasteiger partial charge in [0.25, 0.3) is 5.91 Å². The summed E-state index contributed by atoms with van der Waals surface area (Å²) < 4.78 is 37.7. The number of halogens is 3. The summed E-state index contributed by atoms with van der Waals surface area (Å²) in [5, 5.41) is 2.95. The van der Waals surface area contributed by atoms with Crippen LogP contribution in [0.4, 0.5) is 19.0 Å². The fraction of sp³-hybridized carbons (Fsp3) is 0.615. The predicted octanol–water partition coefficient (Wildman–Crippen LogP) is 2.32. The van der Waals surface area contributed by atoms with Crippen molar-refractivity contribution < 1.29 is 18.0 Å². The zero-order valence-electron chi connectivity index (χ0n) is 11.7. The molecule has 0 saturated carbocycles. The Morgan fingerprint density at radius 1 is 1.33 bits per heavy atom. The number of anilines is 1. The normalized spacial score (nSPS) is 16.9. The Morgan fingerprint density at radius 3 is 2.48 bits per heavy atom. The third kappa shape index (κ3) is 3.83. The van der Waals surface area contributed by atoms with Gasteiger partial charge >= 0.3 is 6.18 Å². The Bertz CT molecular complexity index is 481. The van der Waals surface area contributed by atoms with E-state index in [1.165, 1.54) is 17.3 Å². The fourth-order valence-electron chi connectivity index (χ4n) is 2.28. The zero-order chi connectivity index (χ0) is 15.5. The number of piperidine rings is 1. The van der Waals surface area contributed by atoms with Crippen molar-refractivity contribution in [3.63, 3.8) is 0 Å². The number of rotatable bonds is 3. The largest absolute Gasteiger partial charge is 0.391 e. The number of amides is 1. The van der Waals surface area contributed by atoms with Crippen molar-refractivity contribution >= 4 is 11.7 Å². The van der Waals surface area contributed by atoms with E-state index in [-0.39, 0.29) is 37.5 Å². The highest BCUT2D eigenvalue weighted by molar-refractivity contribution is 5.92. The maximum atomic E-state index is 12.6. The Kier molecular flexibility index (Phi) is 4.64. The number of alkyl halides is 3. The first kappa shape index (κ1) is 15.5. The highest BCUT2D eigenvalue weighted by Gasteiger charge is 2.41. The van der Waals surface area contributed by atoms with Crippen LogP contribution in [0.15, 0.2) is 12.4 Å². The molecule has 0 radical (unpaired) electrons. The first-order valence-electron chi connectivity index (χ1n) is 6.83. The third-order valence-electron chi connectivity index (χ3n) is 3.47. The Hall–Kier alpha value is -1.86. The molecular weight excluding hydrogens is 285 g/mol. The van der Waals surface area contributed by atoms with Gasteiger partial charge in [-0.25, -0.2) is 9.97 Å². The van der Waals surface area contributed by atoms with Gasteiger partial charge in [-0.15, -0.1) is 0 Å². The van der Waals surface area contributed by atoms with Gasteiger partial charge in [0.05, 0.1) is 18.3 Å². The molecule has 2 heterocycles. The van der Waals surface area contributed by atoms with Crippen molar-refractivity contribution in [2.75, 3.05) is 25.0 Å². The van der Waals surface area contributed by atoms with Gasteiger partial charge < -0.3 is 10.2 Å². The van der Waals surface area contributed by atoms with Gasteiger partial charge in [0.2, 0.25) is 0 Å². The molecule has 0 aromatic carbocycles. The lowest BCUT2D eigenvalue weighted by molar-refractivity contribution is -0.183. The van der Waals surface area contributed by atoms with Crippen LogP contribution in [0.3, 0.4) is 0 Å². The first-order chi connectivity index (χ1) is 9.91. The Labute approximate surface area is 120 Å².